The van der Waals surface area contributed by atoms with E-state index in [1.54, 1.807) is 0 Å². The maximum absolute atomic E-state index is 12.4. The smallest absolute Gasteiger partial charge is 0.227 e. The molecule has 20 heavy (non-hydrogen) atoms. The molecule has 1 heterocycles. The molecule has 0 aliphatic carbocycles. The third-order valence-corrected chi connectivity index (χ3v) is 4.19. The monoisotopic (exact) mass is 268 g/mol. The van der Waals surface area contributed by atoms with Crippen LogP contribution in [0.2, 0.25) is 0 Å². The summed E-state index contributed by atoms with van der Waals surface area (Å²) in [5, 5.41) is 2.37. The highest BCUT2D eigenvalue weighted by molar-refractivity contribution is 5.90. The second kappa shape index (κ2) is 5.63. The lowest BCUT2D eigenvalue weighted by Gasteiger charge is -2.17. The van der Waals surface area contributed by atoms with Crippen LogP contribution in [0.15, 0.2) is 42.5 Å². The molecule has 0 bridgehead atoms. The van der Waals surface area contributed by atoms with Crippen LogP contribution in [0.5, 0.6) is 0 Å². The van der Waals surface area contributed by atoms with Gasteiger partial charge >= 0.3 is 0 Å². The zero-order valence-electron chi connectivity index (χ0n) is 11.6. The molecule has 3 rings (SSSR count). The molecule has 1 atom stereocenters. The maximum Gasteiger partial charge on any atom is 0.227 e. The lowest BCUT2D eigenvalue weighted by atomic mass is 10.0. The molecule has 1 fully saturated rings. The molecule has 2 aromatic rings. The first kappa shape index (κ1) is 13.1. The minimum Gasteiger partial charge on any atom is -0.342 e. The first-order valence-corrected chi connectivity index (χ1v) is 7.22. The highest BCUT2D eigenvalue weighted by Crippen LogP contribution is 2.21. The van der Waals surface area contributed by atoms with Crippen molar-refractivity contribution in [3.05, 3.63) is 48.0 Å². The van der Waals surface area contributed by atoms with Gasteiger partial charge in [0.2, 0.25) is 5.91 Å². The Bertz CT molecular complexity index is 618. The van der Waals surface area contributed by atoms with Gasteiger partial charge in [0.15, 0.2) is 0 Å². The largest absolute Gasteiger partial charge is 0.342 e. The van der Waals surface area contributed by atoms with Crippen molar-refractivity contribution in [3.8, 4) is 0 Å². The van der Waals surface area contributed by atoms with Crippen molar-refractivity contribution in [3.63, 3.8) is 0 Å². The summed E-state index contributed by atoms with van der Waals surface area (Å²) in [6.07, 6.45) is 1.52. The van der Waals surface area contributed by atoms with E-state index in [0.717, 1.165) is 25.1 Å². The third-order valence-electron chi connectivity index (χ3n) is 4.19. The molecule has 3 nitrogen and oxygen atoms in total. The molecule has 0 saturated carbocycles. The summed E-state index contributed by atoms with van der Waals surface area (Å²) in [4.78, 5) is 14.4. The van der Waals surface area contributed by atoms with Crippen LogP contribution in [0.4, 0.5) is 0 Å². The van der Waals surface area contributed by atoms with Crippen molar-refractivity contribution in [2.75, 3.05) is 19.6 Å². The molecule has 2 aromatic carbocycles. The van der Waals surface area contributed by atoms with E-state index in [-0.39, 0.29) is 5.91 Å². The van der Waals surface area contributed by atoms with Crippen molar-refractivity contribution in [2.45, 2.75) is 12.8 Å². The normalized spacial score (nSPS) is 18.6. The van der Waals surface area contributed by atoms with Gasteiger partial charge in [-0.25, -0.2) is 0 Å². The zero-order chi connectivity index (χ0) is 13.9. The predicted octanol–water partition coefficient (Wildman–Crippen LogP) is 2.19. The van der Waals surface area contributed by atoms with E-state index in [0.29, 0.717) is 18.9 Å². The van der Waals surface area contributed by atoms with Crippen molar-refractivity contribution in [1.29, 1.82) is 0 Å². The van der Waals surface area contributed by atoms with E-state index in [4.69, 9.17) is 5.73 Å². The van der Waals surface area contributed by atoms with E-state index in [9.17, 15) is 4.79 Å². The Kier molecular flexibility index (Phi) is 3.70. The molecule has 1 aliphatic heterocycles. The topological polar surface area (TPSA) is 46.3 Å². The molecule has 1 saturated heterocycles. The molecular weight excluding hydrogens is 248 g/mol. The van der Waals surface area contributed by atoms with Crippen LogP contribution >= 0.6 is 0 Å². The first-order valence-electron chi connectivity index (χ1n) is 7.22. The Morgan fingerprint density at radius 2 is 2.00 bits per heavy atom. The highest BCUT2D eigenvalue weighted by atomic mass is 16.2. The van der Waals surface area contributed by atoms with Gasteiger partial charge in [-0.1, -0.05) is 42.5 Å². The fraction of sp³-hybridized carbons (Fsp3) is 0.353. The summed E-state index contributed by atoms with van der Waals surface area (Å²) in [5.74, 6) is 0.698. The number of fused-ring (bicyclic) bond motifs is 1. The van der Waals surface area contributed by atoms with Gasteiger partial charge in [-0.3, -0.25) is 4.79 Å². The van der Waals surface area contributed by atoms with Crippen molar-refractivity contribution in [2.24, 2.45) is 11.7 Å². The van der Waals surface area contributed by atoms with E-state index < -0.39 is 0 Å². The van der Waals surface area contributed by atoms with E-state index in [2.05, 4.69) is 24.3 Å². The molecule has 0 radical (unpaired) electrons. The lowest BCUT2D eigenvalue weighted by molar-refractivity contribution is -0.129. The number of carbonyl (C=O) groups excluding carboxylic acids is 1. The number of likely N-dealkylation sites (tertiary alicyclic amines) is 1. The quantitative estimate of drug-likeness (QED) is 0.927. The second-order valence-corrected chi connectivity index (χ2v) is 5.55. The summed E-state index contributed by atoms with van der Waals surface area (Å²) >= 11 is 0. The number of hydrogen-bond donors (Lipinski definition) is 1. The SMILES string of the molecule is NCC1CCN(C(=O)Cc2cccc3ccccc23)C1. The van der Waals surface area contributed by atoms with Gasteiger partial charge in [0.25, 0.3) is 0 Å². The minimum absolute atomic E-state index is 0.220. The van der Waals surface area contributed by atoms with Crippen LogP contribution < -0.4 is 5.73 Å². The Morgan fingerprint density at radius 1 is 1.20 bits per heavy atom. The first-order chi connectivity index (χ1) is 9.78. The number of benzene rings is 2. The number of nitrogens with two attached hydrogens (primary N) is 1. The Labute approximate surface area is 119 Å². The Balaban J connectivity index is 1.78. The van der Waals surface area contributed by atoms with Gasteiger partial charge in [0.05, 0.1) is 6.42 Å². The van der Waals surface area contributed by atoms with Crippen LogP contribution in [0, 0.1) is 5.92 Å². The maximum atomic E-state index is 12.4. The average Bonchev–Trinajstić information content (AvgIpc) is 2.97. The number of hydrogen-bond acceptors (Lipinski definition) is 2. The van der Waals surface area contributed by atoms with E-state index >= 15 is 0 Å². The number of amides is 1. The van der Waals surface area contributed by atoms with Crippen LogP contribution in [-0.2, 0) is 11.2 Å². The molecule has 3 heteroatoms. The average molecular weight is 268 g/mol. The number of nitrogens with zero attached hydrogens (tertiary/aromatic N) is 1. The zero-order valence-corrected chi connectivity index (χ0v) is 11.6. The summed E-state index contributed by atoms with van der Waals surface area (Å²) in [6.45, 7) is 2.35. The summed E-state index contributed by atoms with van der Waals surface area (Å²) in [7, 11) is 0. The molecule has 1 unspecified atom stereocenters. The van der Waals surface area contributed by atoms with Crippen molar-refractivity contribution >= 4 is 16.7 Å². The van der Waals surface area contributed by atoms with Gasteiger partial charge in [0, 0.05) is 13.1 Å². The molecule has 104 valence electrons. The summed E-state index contributed by atoms with van der Waals surface area (Å²) < 4.78 is 0. The van der Waals surface area contributed by atoms with Gasteiger partial charge in [-0.05, 0) is 35.2 Å². The molecule has 2 N–H and O–H groups in total. The molecule has 0 aromatic heterocycles. The van der Waals surface area contributed by atoms with Gasteiger partial charge in [0.1, 0.15) is 0 Å². The van der Waals surface area contributed by atoms with Crippen LogP contribution in [-0.4, -0.2) is 30.4 Å². The Morgan fingerprint density at radius 3 is 2.80 bits per heavy atom. The van der Waals surface area contributed by atoms with Gasteiger partial charge in [-0.2, -0.15) is 0 Å². The van der Waals surface area contributed by atoms with Gasteiger partial charge < -0.3 is 10.6 Å². The standard InChI is InChI=1S/C17H20N2O/c18-11-13-8-9-19(12-13)17(20)10-15-6-3-5-14-4-1-2-7-16(14)15/h1-7,13H,8-12,18H2. The number of carbonyl (C=O) groups is 1. The minimum atomic E-state index is 0.220. The molecule has 0 spiro atoms. The van der Waals surface area contributed by atoms with Crippen LogP contribution in [0.3, 0.4) is 0 Å². The highest BCUT2D eigenvalue weighted by Gasteiger charge is 2.25. The van der Waals surface area contributed by atoms with Crippen LogP contribution in [0.25, 0.3) is 10.8 Å². The van der Waals surface area contributed by atoms with Crippen molar-refractivity contribution < 1.29 is 4.79 Å². The third kappa shape index (κ3) is 2.54. The van der Waals surface area contributed by atoms with Gasteiger partial charge in [-0.15, -0.1) is 0 Å². The van der Waals surface area contributed by atoms with Crippen molar-refractivity contribution in [1.82, 2.24) is 4.90 Å². The van der Waals surface area contributed by atoms with E-state index in [1.807, 2.05) is 23.1 Å². The number of rotatable bonds is 3. The van der Waals surface area contributed by atoms with E-state index in [1.165, 1.54) is 10.8 Å². The fourth-order valence-corrected chi connectivity index (χ4v) is 2.97. The molecule has 1 amide bonds. The summed E-state index contributed by atoms with van der Waals surface area (Å²) in [6, 6.07) is 14.4. The lowest BCUT2D eigenvalue weighted by Crippen LogP contribution is -2.31. The second-order valence-electron chi connectivity index (χ2n) is 5.55. The fourth-order valence-electron chi connectivity index (χ4n) is 2.97. The van der Waals surface area contributed by atoms with Crippen LogP contribution in [0.1, 0.15) is 12.0 Å². The summed E-state index contributed by atoms with van der Waals surface area (Å²) in [5.41, 5.74) is 6.80. The predicted molar refractivity (Wildman–Crippen MR) is 81.4 cm³/mol. The molecule has 1 aliphatic rings. The Hall–Kier alpha value is -1.87. The molecular formula is C17H20N2O.